The van der Waals surface area contributed by atoms with Crippen LogP contribution in [0.1, 0.15) is 30.0 Å². The van der Waals surface area contributed by atoms with Crippen LogP contribution in [0.3, 0.4) is 0 Å². The van der Waals surface area contributed by atoms with Crippen molar-refractivity contribution in [3.05, 3.63) is 51.7 Å². The molecule has 0 radical (unpaired) electrons. The predicted molar refractivity (Wildman–Crippen MR) is 102 cm³/mol. The number of furan rings is 1. The molecule has 1 aliphatic heterocycles. The SMILES string of the molecule is CC(C)OC(=O)c1cc(Br)ccc1-c1ccc(C=C2C(=O)NC(=O)NC2=O)o1. The van der Waals surface area contributed by atoms with Gasteiger partial charge in [0.2, 0.25) is 0 Å². The molecule has 9 heteroatoms. The van der Waals surface area contributed by atoms with Crippen molar-refractivity contribution in [2.75, 3.05) is 0 Å². The molecule has 1 aliphatic rings. The molecule has 1 fully saturated rings. The van der Waals surface area contributed by atoms with E-state index in [0.717, 1.165) is 0 Å². The number of benzene rings is 1. The first-order chi connectivity index (χ1) is 13.2. The Morgan fingerprint density at radius 3 is 2.43 bits per heavy atom. The number of carbonyl (C=O) groups excluding carboxylic acids is 4. The summed E-state index contributed by atoms with van der Waals surface area (Å²) < 4.78 is 11.7. The Bertz CT molecular complexity index is 999. The van der Waals surface area contributed by atoms with Crippen molar-refractivity contribution in [1.29, 1.82) is 0 Å². The van der Waals surface area contributed by atoms with Crippen LogP contribution in [0.5, 0.6) is 0 Å². The van der Waals surface area contributed by atoms with E-state index in [1.165, 1.54) is 6.08 Å². The van der Waals surface area contributed by atoms with Gasteiger partial charge in [-0.1, -0.05) is 15.9 Å². The molecule has 1 aromatic carbocycles. The lowest BCUT2D eigenvalue weighted by molar-refractivity contribution is -0.123. The van der Waals surface area contributed by atoms with Crippen molar-refractivity contribution < 1.29 is 28.3 Å². The molecule has 2 aromatic rings. The molecule has 0 atom stereocenters. The zero-order valence-electron chi connectivity index (χ0n) is 14.9. The predicted octanol–water partition coefficient (Wildman–Crippen LogP) is 3.02. The Balaban J connectivity index is 1.96. The van der Waals surface area contributed by atoms with Gasteiger partial charge in [-0.05, 0) is 50.3 Å². The molecule has 28 heavy (non-hydrogen) atoms. The number of barbiturate groups is 1. The highest BCUT2D eigenvalue weighted by Crippen LogP contribution is 2.30. The van der Waals surface area contributed by atoms with Crippen molar-refractivity contribution in [3.8, 4) is 11.3 Å². The minimum atomic E-state index is -0.879. The van der Waals surface area contributed by atoms with Crippen LogP contribution in [0.2, 0.25) is 0 Å². The Morgan fingerprint density at radius 2 is 1.79 bits per heavy atom. The highest BCUT2D eigenvalue weighted by atomic mass is 79.9. The molecule has 8 nitrogen and oxygen atoms in total. The summed E-state index contributed by atoms with van der Waals surface area (Å²) in [4.78, 5) is 47.1. The largest absolute Gasteiger partial charge is 0.459 e. The van der Waals surface area contributed by atoms with Gasteiger partial charge in [0.1, 0.15) is 17.1 Å². The third-order valence-corrected chi connectivity index (χ3v) is 4.16. The monoisotopic (exact) mass is 446 g/mol. The topological polar surface area (TPSA) is 115 Å². The maximum Gasteiger partial charge on any atom is 0.339 e. The van der Waals surface area contributed by atoms with Crippen LogP contribution in [0, 0.1) is 0 Å². The summed E-state index contributed by atoms with van der Waals surface area (Å²) in [5, 5.41) is 3.96. The number of esters is 1. The van der Waals surface area contributed by atoms with Crippen LogP contribution in [-0.2, 0) is 14.3 Å². The molecular formula is C19H15BrN2O6. The van der Waals surface area contributed by atoms with Gasteiger partial charge in [0.05, 0.1) is 11.7 Å². The van der Waals surface area contributed by atoms with Gasteiger partial charge < -0.3 is 9.15 Å². The molecule has 0 spiro atoms. The van der Waals surface area contributed by atoms with E-state index in [1.807, 2.05) is 10.6 Å². The number of urea groups is 1. The Kier molecular flexibility index (Phi) is 5.46. The fraction of sp³-hybridized carbons (Fsp3) is 0.158. The van der Waals surface area contributed by atoms with E-state index in [2.05, 4.69) is 15.9 Å². The van der Waals surface area contributed by atoms with Crippen LogP contribution < -0.4 is 10.6 Å². The molecular weight excluding hydrogens is 432 g/mol. The zero-order chi connectivity index (χ0) is 20.4. The minimum Gasteiger partial charge on any atom is -0.459 e. The highest BCUT2D eigenvalue weighted by molar-refractivity contribution is 9.10. The normalized spacial score (nSPS) is 14.0. The maximum atomic E-state index is 12.4. The maximum absolute atomic E-state index is 12.4. The number of carbonyl (C=O) groups is 4. The molecule has 144 valence electrons. The number of hydrogen-bond acceptors (Lipinski definition) is 6. The summed E-state index contributed by atoms with van der Waals surface area (Å²) in [6.45, 7) is 3.50. The molecule has 0 bridgehead atoms. The summed E-state index contributed by atoms with van der Waals surface area (Å²) in [5.41, 5.74) is 0.525. The van der Waals surface area contributed by atoms with Crippen molar-refractivity contribution in [1.82, 2.24) is 10.6 Å². The van der Waals surface area contributed by atoms with Gasteiger partial charge in [-0.15, -0.1) is 0 Å². The van der Waals surface area contributed by atoms with Gasteiger partial charge in [-0.3, -0.25) is 20.2 Å². The first-order valence-corrected chi connectivity index (χ1v) is 9.03. The van der Waals surface area contributed by atoms with Gasteiger partial charge in [0.25, 0.3) is 11.8 Å². The number of ether oxygens (including phenoxy) is 1. The Labute approximate surface area is 168 Å². The van der Waals surface area contributed by atoms with Gasteiger partial charge in [0.15, 0.2) is 0 Å². The van der Waals surface area contributed by atoms with Crippen molar-refractivity contribution in [2.24, 2.45) is 0 Å². The lowest BCUT2D eigenvalue weighted by Crippen LogP contribution is -2.51. The van der Waals surface area contributed by atoms with Crippen molar-refractivity contribution >= 4 is 45.8 Å². The summed E-state index contributed by atoms with van der Waals surface area (Å²) in [5.74, 6) is -1.60. The molecule has 0 saturated carbocycles. The van der Waals surface area contributed by atoms with Crippen LogP contribution in [-0.4, -0.2) is 29.9 Å². The van der Waals surface area contributed by atoms with Crippen molar-refractivity contribution in [2.45, 2.75) is 20.0 Å². The van der Waals surface area contributed by atoms with Gasteiger partial charge in [0, 0.05) is 10.0 Å². The van der Waals surface area contributed by atoms with Gasteiger partial charge in [-0.2, -0.15) is 0 Å². The van der Waals surface area contributed by atoms with E-state index in [9.17, 15) is 19.2 Å². The molecule has 0 unspecified atom stereocenters. The summed E-state index contributed by atoms with van der Waals surface area (Å²) in [6.07, 6.45) is 0.924. The van der Waals surface area contributed by atoms with Crippen LogP contribution in [0.25, 0.3) is 17.4 Å². The quantitative estimate of drug-likeness (QED) is 0.423. The third kappa shape index (κ3) is 4.20. The highest BCUT2D eigenvalue weighted by Gasteiger charge is 2.28. The first-order valence-electron chi connectivity index (χ1n) is 8.23. The second-order valence-electron chi connectivity index (χ2n) is 6.14. The standard InChI is InChI=1S/C19H15BrN2O6/c1-9(2)27-18(25)13-7-10(20)3-5-12(13)15-6-4-11(28-15)8-14-16(23)21-19(26)22-17(14)24/h3-9H,1-2H3,(H2,21,22,23,24,26). The first kappa shape index (κ1) is 19.6. The molecule has 3 rings (SSSR count). The average Bonchev–Trinajstić information content (AvgIpc) is 3.06. The van der Waals surface area contributed by atoms with E-state index < -0.39 is 23.8 Å². The van der Waals surface area contributed by atoms with Crippen molar-refractivity contribution in [3.63, 3.8) is 0 Å². The lowest BCUT2D eigenvalue weighted by atomic mass is 10.1. The fourth-order valence-corrected chi connectivity index (χ4v) is 2.86. The Morgan fingerprint density at radius 1 is 1.11 bits per heavy atom. The number of nitrogens with one attached hydrogen (secondary N) is 2. The number of imide groups is 2. The molecule has 1 aromatic heterocycles. The molecule has 2 heterocycles. The second kappa shape index (κ2) is 7.81. The van der Waals surface area contributed by atoms with Crippen LogP contribution in [0.4, 0.5) is 4.79 Å². The lowest BCUT2D eigenvalue weighted by Gasteiger charge is -2.13. The molecule has 2 N–H and O–H groups in total. The zero-order valence-corrected chi connectivity index (χ0v) is 16.5. The third-order valence-electron chi connectivity index (χ3n) is 3.67. The number of amides is 4. The number of halogens is 1. The fourth-order valence-electron chi connectivity index (χ4n) is 2.50. The average molecular weight is 447 g/mol. The van der Waals surface area contributed by atoms with E-state index >= 15 is 0 Å². The Hall–Kier alpha value is -3.20. The molecule has 0 aliphatic carbocycles. The van der Waals surface area contributed by atoms with Gasteiger partial charge in [-0.25, -0.2) is 9.59 Å². The van der Waals surface area contributed by atoms with Gasteiger partial charge >= 0.3 is 12.0 Å². The summed E-state index contributed by atoms with van der Waals surface area (Å²) >= 11 is 3.33. The van der Waals surface area contributed by atoms with Crippen LogP contribution >= 0.6 is 15.9 Å². The van der Waals surface area contributed by atoms with E-state index in [1.54, 1.807) is 44.2 Å². The van der Waals surface area contributed by atoms with E-state index in [4.69, 9.17) is 9.15 Å². The van der Waals surface area contributed by atoms with E-state index in [0.29, 0.717) is 21.4 Å². The summed E-state index contributed by atoms with van der Waals surface area (Å²) in [7, 11) is 0. The van der Waals surface area contributed by atoms with E-state index in [-0.39, 0.29) is 17.4 Å². The smallest absolute Gasteiger partial charge is 0.339 e. The number of hydrogen-bond donors (Lipinski definition) is 2. The van der Waals surface area contributed by atoms with Crippen LogP contribution in [0.15, 0.2) is 44.8 Å². The molecule has 4 amide bonds. The summed E-state index contributed by atoms with van der Waals surface area (Å²) in [6, 6.07) is 7.32. The molecule has 1 saturated heterocycles. The minimum absolute atomic E-state index is 0.204. The second-order valence-corrected chi connectivity index (χ2v) is 7.06. The number of rotatable bonds is 4.